The second-order valence-electron chi connectivity index (χ2n) is 5.40. The molecule has 4 heteroatoms. The first-order chi connectivity index (χ1) is 9.23. The molecule has 0 heterocycles. The van der Waals surface area contributed by atoms with Crippen LogP contribution < -0.4 is 4.74 Å². The summed E-state index contributed by atoms with van der Waals surface area (Å²) in [4.78, 5) is 14.6. The zero-order valence-corrected chi connectivity index (χ0v) is 11.4. The van der Waals surface area contributed by atoms with E-state index in [4.69, 9.17) is 16.3 Å². The molecule has 0 atom stereocenters. The third-order valence-corrected chi connectivity index (χ3v) is 4.55. The summed E-state index contributed by atoms with van der Waals surface area (Å²) < 4.78 is 5.82. The summed E-state index contributed by atoms with van der Waals surface area (Å²) in [5.41, 5.74) is 0.605. The zero-order chi connectivity index (χ0) is 13.3. The lowest BCUT2D eigenvalue weighted by Crippen LogP contribution is -2.32. The average molecular weight is 278 g/mol. The van der Waals surface area contributed by atoms with Crippen LogP contribution in [-0.4, -0.2) is 12.2 Å². The minimum atomic E-state index is -0.389. The maximum atomic E-state index is 10.6. The Morgan fingerprint density at radius 2 is 2.11 bits per heavy atom. The van der Waals surface area contributed by atoms with Crippen molar-refractivity contribution in [2.24, 2.45) is 4.99 Å². The molecule has 0 spiro atoms. The van der Waals surface area contributed by atoms with E-state index in [1.807, 2.05) is 18.2 Å². The van der Waals surface area contributed by atoms with Gasteiger partial charge >= 0.3 is 0 Å². The number of aliphatic imine (C=N–C) groups is 1. The Bertz CT molecular complexity index is 529. The van der Waals surface area contributed by atoms with Gasteiger partial charge in [0.15, 0.2) is 0 Å². The van der Waals surface area contributed by atoms with E-state index in [0.717, 1.165) is 43.4 Å². The molecule has 2 aliphatic carbocycles. The molecule has 3 nitrogen and oxygen atoms in total. The van der Waals surface area contributed by atoms with Gasteiger partial charge in [-0.05, 0) is 56.2 Å². The Morgan fingerprint density at radius 1 is 1.32 bits per heavy atom. The lowest BCUT2D eigenvalue weighted by Gasteiger charge is -2.37. The molecule has 0 amide bonds. The highest BCUT2D eigenvalue weighted by atomic mass is 35.5. The predicted octanol–water partition coefficient (Wildman–Crippen LogP) is 3.99. The standard InChI is InChI=1S/C15H16ClNO2/c16-13-9-11(15(17-10-18)7-2-8-15)5-6-14(13)19-12-3-1-4-12/h5-6,9,12H,1-4,7-8H2. The smallest absolute Gasteiger partial charge is 0.235 e. The first-order valence-corrected chi connectivity index (χ1v) is 7.17. The van der Waals surface area contributed by atoms with Crippen molar-refractivity contribution < 1.29 is 9.53 Å². The van der Waals surface area contributed by atoms with Gasteiger partial charge in [-0.2, -0.15) is 4.99 Å². The van der Waals surface area contributed by atoms with Crippen LogP contribution in [0.4, 0.5) is 0 Å². The summed E-state index contributed by atoms with van der Waals surface area (Å²) in [6, 6.07) is 5.76. The molecule has 0 aromatic heterocycles. The van der Waals surface area contributed by atoms with Crippen LogP contribution >= 0.6 is 11.6 Å². The number of isocyanates is 1. The molecule has 2 fully saturated rings. The molecule has 2 saturated carbocycles. The molecule has 0 unspecified atom stereocenters. The van der Waals surface area contributed by atoms with Crippen molar-refractivity contribution in [3.8, 4) is 5.75 Å². The summed E-state index contributed by atoms with van der Waals surface area (Å²) >= 11 is 6.28. The fraction of sp³-hybridized carbons (Fsp3) is 0.533. The molecule has 3 rings (SSSR count). The molecule has 0 radical (unpaired) electrons. The zero-order valence-electron chi connectivity index (χ0n) is 10.7. The maximum absolute atomic E-state index is 10.6. The summed E-state index contributed by atoms with van der Waals surface area (Å²) in [7, 11) is 0. The number of carbonyl (C=O) groups excluding carboxylic acids is 1. The van der Waals surface area contributed by atoms with Gasteiger partial charge in [0.1, 0.15) is 5.75 Å². The van der Waals surface area contributed by atoms with Crippen molar-refractivity contribution in [2.75, 3.05) is 0 Å². The van der Waals surface area contributed by atoms with Gasteiger partial charge in [0, 0.05) is 0 Å². The van der Waals surface area contributed by atoms with Crippen molar-refractivity contribution >= 4 is 17.7 Å². The molecule has 0 aliphatic heterocycles. The van der Waals surface area contributed by atoms with Gasteiger partial charge < -0.3 is 4.74 Å². The van der Waals surface area contributed by atoms with Crippen molar-refractivity contribution in [1.82, 2.24) is 0 Å². The van der Waals surface area contributed by atoms with Crippen LogP contribution in [0.1, 0.15) is 44.1 Å². The van der Waals surface area contributed by atoms with Crippen molar-refractivity contribution in [3.05, 3.63) is 28.8 Å². The Labute approximate surface area is 117 Å². The van der Waals surface area contributed by atoms with Crippen LogP contribution in [0, 0.1) is 0 Å². The molecule has 0 bridgehead atoms. The van der Waals surface area contributed by atoms with Gasteiger partial charge in [0.05, 0.1) is 16.7 Å². The van der Waals surface area contributed by atoms with Gasteiger partial charge in [-0.3, -0.25) is 0 Å². The quantitative estimate of drug-likeness (QED) is 0.617. The second kappa shape index (κ2) is 4.99. The summed E-state index contributed by atoms with van der Waals surface area (Å²) in [6.07, 6.45) is 8.33. The van der Waals surface area contributed by atoms with E-state index >= 15 is 0 Å². The summed E-state index contributed by atoms with van der Waals surface area (Å²) in [5.74, 6) is 0.736. The lowest BCUT2D eigenvalue weighted by molar-refractivity contribution is 0.120. The summed E-state index contributed by atoms with van der Waals surface area (Å²) in [5, 5.41) is 0.608. The van der Waals surface area contributed by atoms with E-state index in [1.54, 1.807) is 6.08 Å². The highest BCUT2D eigenvalue weighted by Gasteiger charge is 2.39. The highest BCUT2D eigenvalue weighted by Crippen LogP contribution is 2.46. The van der Waals surface area contributed by atoms with Crippen molar-refractivity contribution in [2.45, 2.75) is 50.2 Å². The van der Waals surface area contributed by atoms with Crippen LogP contribution in [0.2, 0.25) is 5.02 Å². The third kappa shape index (κ3) is 2.29. The van der Waals surface area contributed by atoms with Gasteiger partial charge in [0.2, 0.25) is 6.08 Å². The van der Waals surface area contributed by atoms with Crippen LogP contribution in [0.3, 0.4) is 0 Å². The molecule has 0 saturated heterocycles. The molecule has 100 valence electrons. The van der Waals surface area contributed by atoms with Gasteiger partial charge in [-0.15, -0.1) is 0 Å². The van der Waals surface area contributed by atoms with Crippen LogP contribution in [0.5, 0.6) is 5.75 Å². The number of ether oxygens (including phenoxy) is 1. The molecule has 1 aromatic carbocycles. The van der Waals surface area contributed by atoms with Gasteiger partial charge in [0.25, 0.3) is 0 Å². The number of halogens is 1. The van der Waals surface area contributed by atoms with E-state index in [-0.39, 0.29) is 5.54 Å². The lowest BCUT2D eigenvalue weighted by atomic mass is 9.72. The number of nitrogens with zero attached hydrogens (tertiary/aromatic N) is 1. The van der Waals surface area contributed by atoms with E-state index < -0.39 is 0 Å². The van der Waals surface area contributed by atoms with Crippen LogP contribution in [0.25, 0.3) is 0 Å². The maximum Gasteiger partial charge on any atom is 0.235 e. The molecular formula is C15H16ClNO2. The Morgan fingerprint density at radius 3 is 2.58 bits per heavy atom. The highest BCUT2D eigenvalue weighted by molar-refractivity contribution is 6.32. The minimum Gasteiger partial charge on any atom is -0.489 e. The Hall–Kier alpha value is -1.31. The molecule has 19 heavy (non-hydrogen) atoms. The van der Waals surface area contributed by atoms with Crippen molar-refractivity contribution in [3.63, 3.8) is 0 Å². The van der Waals surface area contributed by atoms with E-state index in [0.29, 0.717) is 11.1 Å². The first-order valence-electron chi connectivity index (χ1n) is 6.79. The topological polar surface area (TPSA) is 38.7 Å². The normalized spacial score (nSPS) is 20.9. The van der Waals surface area contributed by atoms with Gasteiger partial charge in [-0.25, -0.2) is 4.79 Å². The van der Waals surface area contributed by atoms with Crippen LogP contribution in [0.15, 0.2) is 23.2 Å². The Balaban J connectivity index is 1.83. The second-order valence-corrected chi connectivity index (χ2v) is 5.81. The Kier molecular flexibility index (Phi) is 3.34. The molecular weight excluding hydrogens is 262 g/mol. The van der Waals surface area contributed by atoms with Crippen molar-refractivity contribution in [1.29, 1.82) is 0 Å². The largest absolute Gasteiger partial charge is 0.489 e. The molecule has 1 aromatic rings. The average Bonchev–Trinajstić information content (AvgIpc) is 2.30. The SMILES string of the molecule is O=C=NC1(c2ccc(OC3CCC3)c(Cl)c2)CCC1. The van der Waals surface area contributed by atoms with Gasteiger partial charge in [-0.1, -0.05) is 17.7 Å². The monoisotopic (exact) mass is 277 g/mol. The fourth-order valence-corrected chi connectivity index (χ4v) is 2.84. The minimum absolute atomic E-state index is 0.314. The summed E-state index contributed by atoms with van der Waals surface area (Å²) in [6.45, 7) is 0. The molecule has 0 N–H and O–H groups in total. The predicted molar refractivity (Wildman–Crippen MR) is 73.4 cm³/mol. The van der Waals surface area contributed by atoms with Crippen LogP contribution in [-0.2, 0) is 10.3 Å². The molecule has 2 aliphatic rings. The fourth-order valence-electron chi connectivity index (χ4n) is 2.62. The number of hydrogen-bond acceptors (Lipinski definition) is 3. The number of benzene rings is 1. The number of hydrogen-bond donors (Lipinski definition) is 0. The third-order valence-electron chi connectivity index (χ3n) is 4.26. The first kappa shape index (κ1) is 12.7. The van der Waals surface area contributed by atoms with E-state index in [1.165, 1.54) is 6.42 Å². The van der Waals surface area contributed by atoms with E-state index in [9.17, 15) is 4.79 Å². The van der Waals surface area contributed by atoms with E-state index in [2.05, 4.69) is 4.99 Å². The number of rotatable bonds is 4.